The zero-order valence-electron chi connectivity index (χ0n) is 10.1. The van der Waals surface area contributed by atoms with Crippen molar-refractivity contribution < 1.29 is 9.53 Å². The van der Waals surface area contributed by atoms with Crippen LogP contribution in [0.4, 0.5) is 0 Å². The molecule has 0 aliphatic rings. The van der Waals surface area contributed by atoms with Gasteiger partial charge in [-0.05, 0) is 43.0 Å². The lowest BCUT2D eigenvalue weighted by atomic mass is 10.1. The fourth-order valence-corrected chi connectivity index (χ4v) is 1.84. The number of fused-ring (bicyclic) bond motifs is 1. The molecule has 3 nitrogen and oxygen atoms in total. The van der Waals surface area contributed by atoms with Crippen LogP contribution in [0.3, 0.4) is 0 Å². The van der Waals surface area contributed by atoms with Crippen molar-refractivity contribution in [3.8, 4) is 5.75 Å². The molecule has 1 aromatic carbocycles. The van der Waals surface area contributed by atoms with E-state index in [9.17, 15) is 4.79 Å². The molecular weight excluding hydrogens is 214 g/mol. The molecule has 0 amide bonds. The Morgan fingerprint density at radius 3 is 2.88 bits per heavy atom. The number of carbonyl (C=O) groups excluding carboxylic acids is 1. The summed E-state index contributed by atoms with van der Waals surface area (Å²) in [5.41, 5.74) is 0.973. The number of aryl methyl sites for hydroxylation is 1. The van der Waals surface area contributed by atoms with Crippen molar-refractivity contribution in [1.29, 1.82) is 0 Å². The van der Waals surface area contributed by atoms with Crippen LogP contribution in [0.5, 0.6) is 5.75 Å². The van der Waals surface area contributed by atoms with Gasteiger partial charge in [-0.1, -0.05) is 0 Å². The normalized spacial score (nSPS) is 10.5. The minimum Gasteiger partial charge on any atom is -0.497 e. The molecule has 0 saturated carbocycles. The third kappa shape index (κ3) is 2.61. The van der Waals surface area contributed by atoms with Crippen molar-refractivity contribution >= 4 is 16.6 Å². The number of aromatic nitrogens is 1. The summed E-state index contributed by atoms with van der Waals surface area (Å²) in [6.45, 7) is 1.61. The average molecular weight is 229 g/mol. The molecule has 2 rings (SSSR count). The van der Waals surface area contributed by atoms with Gasteiger partial charge in [-0.25, -0.2) is 0 Å². The van der Waals surface area contributed by atoms with Crippen LogP contribution < -0.4 is 4.74 Å². The third-order valence-corrected chi connectivity index (χ3v) is 2.77. The largest absolute Gasteiger partial charge is 0.497 e. The highest BCUT2D eigenvalue weighted by Crippen LogP contribution is 2.23. The molecule has 0 fully saturated rings. The number of benzene rings is 1. The summed E-state index contributed by atoms with van der Waals surface area (Å²) in [6, 6.07) is 7.85. The Hall–Kier alpha value is -1.90. The van der Waals surface area contributed by atoms with Crippen LogP contribution in [0.1, 0.15) is 19.0 Å². The van der Waals surface area contributed by atoms with Crippen LogP contribution in [0.2, 0.25) is 0 Å². The number of methoxy groups -OCH3 is 1. The lowest BCUT2D eigenvalue weighted by Crippen LogP contribution is -1.97. The van der Waals surface area contributed by atoms with Crippen LogP contribution in [0, 0.1) is 0 Å². The van der Waals surface area contributed by atoms with Crippen molar-refractivity contribution in [3.05, 3.63) is 36.2 Å². The van der Waals surface area contributed by atoms with Gasteiger partial charge in [-0.3, -0.25) is 4.98 Å². The Bertz CT molecular complexity index is 549. The number of hydrogen-bond donors (Lipinski definition) is 0. The monoisotopic (exact) mass is 229 g/mol. The van der Waals surface area contributed by atoms with Gasteiger partial charge in [0.15, 0.2) is 0 Å². The molecule has 88 valence electrons. The SMILES string of the molecule is COc1ccc2c(CCC(C)=O)nccc2c1. The van der Waals surface area contributed by atoms with Gasteiger partial charge in [0.05, 0.1) is 7.11 Å². The molecular formula is C14H15NO2. The van der Waals surface area contributed by atoms with Gasteiger partial charge in [0.1, 0.15) is 11.5 Å². The zero-order chi connectivity index (χ0) is 12.3. The lowest BCUT2D eigenvalue weighted by Gasteiger charge is -2.06. The van der Waals surface area contributed by atoms with E-state index in [1.807, 2.05) is 24.3 Å². The molecule has 0 saturated heterocycles. The smallest absolute Gasteiger partial charge is 0.130 e. The summed E-state index contributed by atoms with van der Waals surface area (Å²) in [5.74, 6) is 1.03. The van der Waals surface area contributed by atoms with E-state index in [0.717, 1.165) is 22.2 Å². The summed E-state index contributed by atoms with van der Waals surface area (Å²) in [4.78, 5) is 15.3. The Morgan fingerprint density at radius 1 is 1.35 bits per heavy atom. The highest BCUT2D eigenvalue weighted by Gasteiger charge is 2.04. The lowest BCUT2D eigenvalue weighted by molar-refractivity contribution is -0.116. The minimum absolute atomic E-state index is 0.192. The van der Waals surface area contributed by atoms with Crippen LogP contribution >= 0.6 is 0 Å². The number of pyridine rings is 1. The summed E-state index contributed by atoms with van der Waals surface area (Å²) < 4.78 is 5.19. The maximum absolute atomic E-state index is 11.0. The summed E-state index contributed by atoms with van der Waals surface area (Å²) in [6.07, 6.45) is 3.01. The van der Waals surface area contributed by atoms with Crippen molar-refractivity contribution in [3.63, 3.8) is 0 Å². The number of hydrogen-bond acceptors (Lipinski definition) is 3. The first kappa shape index (κ1) is 11.6. The number of carbonyl (C=O) groups is 1. The summed E-state index contributed by atoms with van der Waals surface area (Å²) in [5, 5.41) is 2.19. The zero-order valence-corrected chi connectivity index (χ0v) is 10.1. The third-order valence-electron chi connectivity index (χ3n) is 2.77. The number of nitrogens with zero attached hydrogens (tertiary/aromatic N) is 1. The van der Waals surface area contributed by atoms with Gasteiger partial charge < -0.3 is 9.53 Å². The fourth-order valence-electron chi connectivity index (χ4n) is 1.84. The predicted molar refractivity (Wildman–Crippen MR) is 67.3 cm³/mol. The van der Waals surface area contributed by atoms with Crippen LogP contribution in [-0.2, 0) is 11.2 Å². The Kier molecular flexibility index (Phi) is 3.38. The molecule has 0 aliphatic carbocycles. The second-order valence-electron chi connectivity index (χ2n) is 4.05. The van der Waals surface area contributed by atoms with E-state index in [2.05, 4.69) is 4.98 Å². The van der Waals surface area contributed by atoms with Crippen LogP contribution in [0.15, 0.2) is 30.5 Å². The standard InChI is InChI=1S/C14H15NO2/c1-10(16)3-6-14-13-5-4-12(17-2)9-11(13)7-8-15-14/h4-5,7-9H,3,6H2,1-2H3. The Morgan fingerprint density at radius 2 is 2.18 bits per heavy atom. The van der Waals surface area contributed by atoms with E-state index in [1.54, 1.807) is 20.2 Å². The van der Waals surface area contributed by atoms with E-state index < -0.39 is 0 Å². The number of ketones is 1. The molecule has 17 heavy (non-hydrogen) atoms. The van der Waals surface area contributed by atoms with E-state index in [-0.39, 0.29) is 5.78 Å². The molecule has 0 unspecified atom stereocenters. The minimum atomic E-state index is 0.192. The predicted octanol–water partition coefficient (Wildman–Crippen LogP) is 2.77. The van der Waals surface area contributed by atoms with Gasteiger partial charge in [0, 0.05) is 23.7 Å². The number of ether oxygens (including phenoxy) is 1. The van der Waals surface area contributed by atoms with Crippen molar-refractivity contribution in [2.75, 3.05) is 7.11 Å². The summed E-state index contributed by atoms with van der Waals surface area (Å²) >= 11 is 0. The van der Waals surface area contributed by atoms with E-state index in [4.69, 9.17) is 4.74 Å². The van der Waals surface area contributed by atoms with Crippen LogP contribution in [0.25, 0.3) is 10.8 Å². The maximum Gasteiger partial charge on any atom is 0.130 e. The van der Waals surface area contributed by atoms with Gasteiger partial charge in [0.2, 0.25) is 0 Å². The van der Waals surface area contributed by atoms with Gasteiger partial charge in [-0.15, -0.1) is 0 Å². The second kappa shape index (κ2) is 4.95. The molecule has 1 heterocycles. The average Bonchev–Trinajstić information content (AvgIpc) is 2.35. The molecule has 0 aliphatic heterocycles. The van der Waals surface area contributed by atoms with Crippen molar-refractivity contribution in [2.45, 2.75) is 19.8 Å². The fraction of sp³-hybridized carbons (Fsp3) is 0.286. The van der Waals surface area contributed by atoms with Gasteiger partial charge in [-0.2, -0.15) is 0 Å². The first-order valence-corrected chi connectivity index (χ1v) is 5.62. The molecule has 0 N–H and O–H groups in total. The van der Waals surface area contributed by atoms with Gasteiger partial charge in [0.25, 0.3) is 0 Å². The van der Waals surface area contributed by atoms with Gasteiger partial charge >= 0.3 is 0 Å². The first-order chi connectivity index (χ1) is 8.20. The van der Waals surface area contributed by atoms with E-state index in [0.29, 0.717) is 12.8 Å². The highest BCUT2D eigenvalue weighted by molar-refractivity contribution is 5.86. The molecule has 1 aromatic heterocycles. The maximum atomic E-state index is 11.0. The van der Waals surface area contributed by atoms with Crippen LogP contribution in [-0.4, -0.2) is 17.9 Å². The topological polar surface area (TPSA) is 39.2 Å². The van der Waals surface area contributed by atoms with E-state index >= 15 is 0 Å². The molecule has 0 spiro atoms. The van der Waals surface area contributed by atoms with E-state index in [1.165, 1.54) is 0 Å². The number of rotatable bonds is 4. The molecule has 0 radical (unpaired) electrons. The second-order valence-corrected chi connectivity index (χ2v) is 4.05. The first-order valence-electron chi connectivity index (χ1n) is 5.62. The number of Topliss-reactive ketones (excluding diaryl/α,β-unsaturated/α-hetero) is 1. The Labute approximate surface area is 100 Å². The van der Waals surface area contributed by atoms with Crippen molar-refractivity contribution in [2.24, 2.45) is 0 Å². The molecule has 0 bridgehead atoms. The molecule has 2 aromatic rings. The quantitative estimate of drug-likeness (QED) is 0.809. The molecule has 0 atom stereocenters. The summed E-state index contributed by atoms with van der Waals surface area (Å²) in [7, 11) is 1.65. The molecule has 3 heteroatoms. The highest BCUT2D eigenvalue weighted by atomic mass is 16.5. The Balaban J connectivity index is 2.39. The van der Waals surface area contributed by atoms with Crippen molar-refractivity contribution in [1.82, 2.24) is 4.98 Å².